The quantitative estimate of drug-likeness (QED) is 0.847. The maximum atomic E-state index is 9.28. The van der Waals surface area contributed by atoms with Crippen LogP contribution < -0.4 is 0 Å². The first-order valence-corrected chi connectivity index (χ1v) is 5.43. The lowest BCUT2D eigenvalue weighted by Crippen LogP contribution is -1.95. The van der Waals surface area contributed by atoms with Crippen molar-refractivity contribution in [1.29, 1.82) is 0 Å². The summed E-state index contributed by atoms with van der Waals surface area (Å²) in [5, 5.41) is 9.75. The lowest BCUT2D eigenvalue weighted by atomic mass is 10.1. The molecule has 1 saturated carbocycles. The summed E-state index contributed by atoms with van der Waals surface area (Å²) in [7, 11) is 0. The number of imidazole rings is 1. The minimum atomic E-state index is 0.0113. The van der Waals surface area contributed by atoms with Crippen molar-refractivity contribution >= 4 is 17.2 Å². The van der Waals surface area contributed by atoms with Crippen LogP contribution in [-0.4, -0.2) is 14.5 Å². The first-order valence-electron chi connectivity index (χ1n) is 5.06. The molecule has 2 aromatic heterocycles. The first-order chi connectivity index (χ1) is 7.28. The Morgan fingerprint density at radius 1 is 1.47 bits per heavy atom. The molecule has 3 rings (SSSR count). The molecule has 1 fully saturated rings. The average Bonchev–Trinajstić information content (AvgIpc) is 2.99. The monoisotopic (exact) mass is 222 g/mol. The summed E-state index contributed by atoms with van der Waals surface area (Å²) in [6.45, 7) is 0.0113. The van der Waals surface area contributed by atoms with E-state index in [1.54, 1.807) is 6.20 Å². The largest absolute Gasteiger partial charge is 0.392 e. The second-order valence-corrected chi connectivity index (χ2v) is 4.41. The van der Waals surface area contributed by atoms with Crippen molar-refractivity contribution in [2.75, 3.05) is 0 Å². The zero-order valence-electron chi connectivity index (χ0n) is 8.15. The Bertz CT molecular complexity index is 517. The summed E-state index contributed by atoms with van der Waals surface area (Å²) in [5.74, 6) is 0.667. The van der Waals surface area contributed by atoms with E-state index in [0.29, 0.717) is 11.1 Å². The average molecular weight is 223 g/mol. The van der Waals surface area contributed by atoms with Gasteiger partial charge in [0.25, 0.3) is 0 Å². The van der Waals surface area contributed by atoms with Crippen molar-refractivity contribution in [2.45, 2.75) is 25.4 Å². The van der Waals surface area contributed by atoms with Gasteiger partial charge in [0.1, 0.15) is 10.8 Å². The molecule has 0 bridgehead atoms. The summed E-state index contributed by atoms with van der Waals surface area (Å²) in [5.41, 5.74) is 2.89. The molecule has 1 aliphatic rings. The number of nitrogens with zero attached hydrogens (tertiary/aromatic N) is 2. The van der Waals surface area contributed by atoms with Crippen molar-refractivity contribution in [1.82, 2.24) is 9.38 Å². The van der Waals surface area contributed by atoms with Gasteiger partial charge in [-0.2, -0.15) is 0 Å². The van der Waals surface area contributed by atoms with E-state index >= 15 is 0 Å². The van der Waals surface area contributed by atoms with Gasteiger partial charge in [-0.05, 0) is 30.4 Å². The fraction of sp³-hybridized carbons (Fsp3) is 0.364. The van der Waals surface area contributed by atoms with Crippen molar-refractivity contribution in [3.8, 4) is 0 Å². The molecule has 0 aromatic carbocycles. The molecule has 0 unspecified atom stereocenters. The van der Waals surface area contributed by atoms with Gasteiger partial charge < -0.3 is 9.51 Å². The topological polar surface area (TPSA) is 37.5 Å². The first kappa shape index (κ1) is 9.19. The van der Waals surface area contributed by atoms with Gasteiger partial charge in [-0.1, -0.05) is 11.6 Å². The molecule has 0 amide bonds. The molecule has 2 aromatic rings. The Morgan fingerprint density at radius 3 is 2.93 bits per heavy atom. The molecule has 78 valence electrons. The molecule has 15 heavy (non-hydrogen) atoms. The normalized spacial score (nSPS) is 16.1. The van der Waals surface area contributed by atoms with Crippen LogP contribution in [-0.2, 0) is 6.61 Å². The molecule has 1 N–H and O–H groups in total. The van der Waals surface area contributed by atoms with Crippen LogP contribution in [0.5, 0.6) is 0 Å². The van der Waals surface area contributed by atoms with Crippen LogP contribution in [0.25, 0.3) is 5.65 Å². The van der Waals surface area contributed by atoms with Gasteiger partial charge in [0, 0.05) is 18.0 Å². The van der Waals surface area contributed by atoms with Crippen LogP contribution in [0.3, 0.4) is 0 Å². The second-order valence-electron chi connectivity index (χ2n) is 4.03. The highest BCUT2D eigenvalue weighted by molar-refractivity contribution is 6.29. The van der Waals surface area contributed by atoms with Gasteiger partial charge >= 0.3 is 0 Å². The highest BCUT2D eigenvalue weighted by Gasteiger charge is 2.24. The lowest BCUT2D eigenvalue weighted by Gasteiger charge is -2.04. The third-order valence-electron chi connectivity index (χ3n) is 2.84. The van der Waals surface area contributed by atoms with Crippen LogP contribution in [0.2, 0.25) is 5.15 Å². The third-order valence-corrected chi connectivity index (χ3v) is 3.02. The molecule has 0 radical (unpaired) electrons. The van der Waals surface area contributed by atoms with E-state index in [2.05, 4.69) is 11.2 Å². The highest BCUT2D eigenvalue weighted by atomic mass is 35.5. The summed E-state index contributed by atoms with van der Waals surface area (Å²) >= 11 is 5.85. The summed E-state index contributed by atoms with van der Waals surface area (Å²) in [6, 6.07) is 2.04. The van der Waals surface area contributed by atoms with Gasteiger partial charge in [0.2, 0.25) is 0 Å². The van der Waals surface area contributed by atoms with E-state index in [-0.39, 0.29) is 6.61 Å². The van der Waals surface area contributed by atoms with E-state index in [9.17, 15) is 5.11 Å². The number of pyridine rings is 1. The van der Waals surface area contributed by atoms with E-state index in [1.807, 2.05) is 10.5 Å². The van der Waals surface area contributed by atoms with E-state index in [1.165, 1.54) is 18.4 Å². The van der Waals surface area contributed by atoms with E-state index in [0.717, 1.165) is 11.2 Å². The lowest BCUT2D eigenvalue weighted by molar-refractivity contribution is 0.282. The van der Waals surface area contributed by atoms with Crippen molar-refractivity contribution < 1.29 is 5.11 Å². The van der Waals surface area contributed by atoms with Gasteiger partial charge in [0.05, 0.1) is 6.61 Å². The Morgan fingerprint density at radius 2 is 2.27 bits per heavy atom. The molecule has 0 atom stereocenters. The van der Waals surface area contributed by atoms with Crippen LogP contribution in [0.4, 0.5) is 0 Å². The molecule has 0 aliphatic heterocycles. The molecular formula is C11H11ClN2O. The predicted octanol–water partition coefficient (Wildman–Crippen LogP) is 2.36. The van der Waals surface area contributed by atoms with Crippen molar-refractivity contribution in [2.24, 2.45) is 0 Å². The maximum absolute atomic E-state index is 9.28. The molecule has 1 aliphatic carbocycles. The van der Waals surface area contributed by atoms with Gasteiger partial charge in [-0.3, -0.25) is 0 Å². The number of aliphatic hydroxyl groups excluding tert-OH is 1. The number of halogens is 1. The van der Waals surface area contributed by atoms with Crippen molar-refractivity contribution in [3.05, 3.63) is 34.7 Å². The summed E-state index contributed by atoms with van der Waals surface area (Å²) in [6.07, 6.45) is 6.34. The fourth-order valence-corrected chi connectivity index (χ4v) is 2.10. The smallest absolute Gasteiger partial charge is 0.148 e. The molecule has 2 heterocycles. The predicted molar refractivity (Wildman–Crippen MR) is 58.1 cm³/mol. The van der Waals surface area contributed by atoms with Crippen LogP contribution >= 0.6 is 11.6 Å². The fourth-order valence-electron chi connectivity index (χ4n) is 1.92. The molecule has 0 saturated heterocycles. The number of aromatic nitrogens is 2. The molecule has 4 heteroatoms. The standard InChI is InChI=1S/C11H11ClN2O/c12-10-5-14-4-8(7-1-2-7)3-9(6-15)11(14)13-10/h3-5,7,15H,1-2,6H2. The van der Waals surface area contributed by atoms with Crippen LogP contribution in [0.15, 0.2) is 18.5 Å². The maximum Gasteiger partial charge on any atom is 0.148 e. The number of rotatable bonds is 2. The SMILES string of the molecule is OCc1cc(C2CC2)cn2cc(Cl)nc12. The van der Waals surface area contributed by atoms with E-state index < -0.39 is 0 Å². The zero-order chi connectivity index (χ0) is 10.4. The number of hydrogen-bond donors (Lipinski definition) is 1. The second kappa shape index (κ2) is 3.22. The number of hydrogen-bond acceptors (Lipinski definition) is 2. The minimum absolute atomic E-state index is 0.0113. The Kier molecular flexibility index (Phi) is 1.97. The molecule has 3 nitrogen and oxygen atoms in total. The summed E-state index contributed by atoms with van der Waals surface area (Å²) < 4.78 is 1.90. The zero-order valence-corrected chi connectivity index (χ0v) is 8.91. The third kappa shape index (κ3) is 1.52. The number of aliphatic hydroxyl groups is 1. The Balaban J connectivity index is 2.24. The van der Waals surface area contributed by atoms with Gasteiger partial charge in [-0.25, -0.2) is 4.98 Å². The van der Waals surface area contributed by atoms with E-state index in [4.69, 9.17) is 11.6 Å². The summed E-state index contributed by atoms with van der Waals surface area (Å²) in [4.78, 5) is 4.17. The minimum Gasteiger partial charge on any atom is -0.392 e. The van der Waals surface area contributed by atoms with Crippen LogP contribution in [0.1, 0.15) is 29.9 Å². The molecule has 0 spiro atoms. The molecular weight excluding hydrogens is 212 g/mol. The number of fused-ring (bicyclic) bond motifs is 1. The van der Waals surface area contributed by atoms with Crippen molar-refractivity contribution in [3.63, 3.8) is 0 Å². The highest BCUT2D eigenvalue weighted by Crippen LogP contribution is 2.40. The Labute approximate surface area is 92.3 Å². The van der Waals surface area contributed by atoms with Crippen LogP contribution in [0, 0.1) is 0 Å². The van der Waals surface area contributed by atoms with Gasteiger partial charge in [-0.15, -0.1) is 0 Å². The van der Waals surface area contributed by atoms with Gasteiger partial charge in [0.15, 0.2) is 0 Å². The Hall–Kier alpha value is -1.06.